The topological polar surface area (TPSA) is 59.0 Å². The first-order valence-electron chi connectivity index (χ1n) is 10.6. The highest BCUT2D eigenvalue weighted by molar-refractivity contribution is 5.10. The highest BCUT2D eigenvalue weighted by Gasteiger charge is 2.27. The molecule has 0 unspecified atom stereocenters. The Morgan fingerprint density at radius 2 is 1.10 bits per heavy atom. The fourth-order valence-electron chi connectivity index (χ4n) is 2.88. The minimum absolute atomic E-state index is 0.0308. The van der Waals surface area contributed by atoms with Crippen LogP contribution in [0.3, 0.4) is 0 Å². The van der Waals surface area contributed by atoms with Crippen molar-refractivity contribution < 1.29 is 23.7 Å². The molecule has 0 radical (unpaired) electrons. The Balaban J connectivity index is 2.09. The Labute approximate surface area is 176 Å². The molecule has 29 heavy (non-hydrogen) atoms. The van der Waals surface area contributed by atoms with Gasteiger partial charge in [0.15, 0.2) is 0 Å². The van der Waals surface area contributed by atoms with Gasteiger partial charge in [-0.25, -0.2) is 0 Å². The summed E-state index contributed by atoms with van der Waals surface area (Å²) in [5, 5.41) is 0. The van der Waals surface area contributed by atoms with E-state index in [2.05, 4.69) is 41.5 Å². The van der Waals surface area contributed by atoms with Gasteiger partial charge in [0.05, 0.1) is 76.5 Å². The van der Waals surface area contributed by atoms with Crippen molar-refractivity contribution >= 4 is 0 Å². The van der Waals surface area contributed by atoms with Crippen molar-refractivity contribution in [2.45, 2.75) is 67.0 Å². The first kappa shape index (κ1) is 24.2. The van der Waals surface area contributed by atoms with Crippen LogP contribution in [-0.4, -0.2) is 56.8 Å². The van der Waals surface area contributed by atoms with Gasteiger partial charge in [0, 0.05) is 0 Å². The molecule has 166 valence electrons. The van der Waals surface area contributed by atoms with E-state index in [4.69, 9.17) is 28.7 Å². The van der Waals surface area contributed by atoms with Gasteiger partial charge >= 0.3 is 0 Å². The quantitative estimate of drug-likeness (QED) is 0.645. The lowest BCUT2D eigenvalue weighted by Gasteiger charge is -2.31. The summed E-state index contributed by atoms with van der Waals surface area (Å²) in [6.45, 7) is 17.1. The zero-order valence-electron chi connectivity index (χ0n) is 19.0. The zero-order valence-corrected chi connectivity index (χ0v) is 19.0. The molecule has 2 rings (SSSR count). The van der Waals surface area contributed by atoms with E-state index in [1.807, 2.05) is 18.2 Å². The van der Waals surface area contributed by atoms with Crippen LogP contribution in [0.25, 0.3) is 0 Å². The third-order valence-electron chi connectivity index (χ3n) is 4.94. The Bertz CT molecular complexity index is 546. The van der Waals surface area contributed by atoms with Gasteiger partial charge in [0.2, 0.25) is 0 Å². The molecule has 0 aliphatic carbocycles. The van der Waals surface area contributed by atoms with Crippen LogP contribution in [0.4, 0.5) is 0 Å². The fraction of sp³-hybridized carbons (Fsp3) is 0.783. The second-order valence-electron chi connectivity index (χ2n) is 9.71. The van der Waals surface area contributed by atoms with E-state index in [1.54, 1.807) is 0 Å². The normalized spacial score (nSPS) is 24.5. The number of aromatic nitrogens is 1. The number of hydrogen-bond donors (Lipinski definition) is 0. The van der Waals surface area contributed by atoms with Gasteiger partial charge in [0.25, 0.3) is 0 Å². The molecule has 0 saturated heterocycles. The van der Waals surface area contributed by atoms with Crippen molar-refractivity contribution in [1.82, 2.24) is 4.98 Å². The number of fused-ring (bicyclic) bond motifs is 2. The maximum absolute atomic E-state index is 6.18. The van der Waals surface area contributed by atoms with Crippen molar-refractivity contribution in [1.29, 1.82) is 0 Å². The maximum atomic E-state index is 6.18. The van der Waals surface area contributed by atoms with Gasteiger partial charge < -0.3 is 23.7 Å². The van der Waals surface area contributed by atoms with Gasteiger partial charge in [-0.2, -0.15) is 0 Å². The van der Waals surface area contributed by atoms with Crippen LogP contribution >= 0.6 is 0 Å². The van der Waals surface area contributed by atoms with Crippen LogP contribution < -0.4 is 0 Å². The fourth-order valence-corrected chi connectivity index (χ4v) is 2.88. The van der Waals surface area contributed by atoms with Crippen LogP contribution in [0.1, 0.15) is 52.9 Å². The third-order valence-corrected chi connectivity index (χ3v) is 4.94. The minimum atomic E-state index is -0.0316. The molecule has 0 fully saturated rings. The monoisotopic (exact) mass is 409 g/mol. The molecule has 2 bridgehead atoms. The number of rotatable bonds is 0. The van der Waals surface area contributed by atoms with E-state index in [-0.39, 0.29) is 23.0 Å². The summed E-state index contributed by atoms with van der Waals surface area (Å²) < 4.78 is 29.6. The molecule has 2 atom stereocenters. The van der Waals surface area contributed by atoms with Gasteiger partial charge in [-0.05, 0) is 23.0 Å². The standard InChI is InChI=1S/C23H39NO5/c1-22(2,3)20-16-26-12-10-25-11-13-27-17-21(23(4,5)6)29-15-19-9-7-8-18(24-19)14-28-20/h7-9,20-21H,10-17H2,1-6H3/t20-,21-/m1/s1. The molecule has 0 spiro atoms. The van der Waals surface area contributed by atoms with Crippen LogP contribution in [-0.2, 0) is 36.9 Å². The first-order valence-corrected chi connectivity index (χ1v) is 10.6. The Morgan fingerprint density at radius 1 is 0.690 bits per heavy atom. The van der Waals surface area contributed by atoms with E-state index in [0.717, 1.165) is 11.4 Å². The molecule has 1 aromatic rings. The molecule has 1 aromatic heterocycles. The summed E-state index contributed by atoms with van der Waals surface area (Å²) in [7, 11) is 0. The summed E-state index contributed by atoms with van der Waals surface area (Å²) in [6, 6.07) is 5.98. The van der Waals surface area contributed by atoms with Gasteiger partial charge in [-0.3, -0.25) is 4.98 Å². The van der Waals surface area contributed by atoms with Crippen molar-refractivity contribution in [3.63, 3.8) is 0 Å². The molecule has 1 aliphatic heterocycles. The van der Waals surface area contributed by atoms with E-state index in [9.17, 15) is 0 Å². The van der Waals surface area contributed by atoms with Crippen molar-refractivity contribution in [3.8, 4) is 0 Å². The zero-order chi connectivity index (χ0) is 21.3. The van der Waals surface area contributed by atoms with Crippen LogP contribution in [0, 0.1) is 10.8 Å². The second kappa shape index (κ2) is 11.4. The van der Waals surface area contributed by atoms with Crippen LogP contribution in [0.5, 0.6) is 0 Å². The van der Waals surface area contributed by atoms with Gasteiger partial charge in [-0.15, -0.1) is 0 Å². The lowest BCUT2D eigenvalue weighted by molar-refractivity contribution is -0.0943. The average Bonchev–Trinajstić information content (AvgIpc) is 2.62. The molecule has 1 aliphatic rings. The number of ether oxygens (including phenoxy) is 5. The van der Waals surface area contributed by atoms with Crippen molar-refractivity contribution in [3.05, 3.63) is 29.6 Å². The highest BCUT2D eigenvalue weighted by Crippen LogP contribution is 2.25. The van der Waals surface area contributed by atoms with Crippen molar-refractivity contribution in [2.75, 3.05) is 39.6 Å². The highest BCUT2D eigenvalue weighted by atomic mass is 16.6. The van der Waals surface area contributed by atoms with E-state index in [0.29, 0.717) is 52.9 Å². The maximum Gasteiger partial charge on any atom is 0.0893 e. The first-order chi connectivity index (χ1) is 13.7. The SMILES string of the molecule is CC(C)(C)[C@H]1COCCOCCOC[C@H](C(C)(C)C)OCc2cccc(n2)CO1. The summed E-state index contributed by atoms with van der Waals surface area (Å²) in [5.74, 6) is 0. The molecule has 6 nitrogen and oxygen atoms in total. The summed E-state index contributed by atoms with van der Waals surface area (Å²) in [4.78, 5) is 4.72. The number of nitrogens with zero attached hydrogens (tertiary/aromatic N) is 1. The van der Waals surface area contributed by atoms with E-state index >= 15 is 0 Å². The molecular weight excluding hydrogens is 370 g/mol. The third kappa shape index (κ3) is 9.09. The summed E-state index contributed by atoms with van der Waals surface area (Å²) in [6.07, 6.45) is -0.0617. The molecule has 0 N–H and O–H groups in total. The predicted molar refractivity (Wildman–Crippen MR) is 113 cm³/mol. The largest absolute Gasteiger partial charge is 0.377 e. The number of hydrogen-bond acceptors (Lipinski definition) is 6. The Hall–Kier alpha value is -1.05. The lowest BCUT2D eigenvalue weighted by atomic mass is 9.89. The summed E-state index contributed by atoms with van der Waals surface area (Å²) >= 11 is 0. The number of pyridine rings is 1. The Morgan fingerprint density at radius 3 is 1.52 bits per heavy atom. The molecular formula is C23H39NO5. The van der Waals surface area contributed by atoms with Gasteiger partial charge in [-0.1, -0.05) is 47.6 Å². The molecule has 6 heteroatoms. The molecule has 0 amide bonds. The summed E-state index contributed by atoms with van der Waals surface area (Å²) in [5.41, 5.74) is 1.73. The second-order valence-corrected chi connectivity index (χ2v) is 9.71. The Kier molecular flexibility index (Phi) is 9.50. The molecule has 0 aromatic carbocycles. The van der Waals surface area contributed by atoms with Crippen molar-refractivity contribution in [2.24, 2.45) is 10.8 Å². The lowest BCUT2D eigenvalue weighted by Crippen LogP contribution is -2.35. The molecule has 2 heterocycles. The average molecular weight is 410 g/mol. The van der Waals surface area contributed by atoms with E-state index < -0.39 is 0 Å². The molecule has 0 saturated carbocycles. The smallest absolute Gasteiger partial charge is 0.0893 e. The predicted octanol–water partition coefficient (Wildman–Crippen LogP) is 4.01. The van der Waals surface area contributed by atoms with Gasteiger partial charge in [0.1, 0.15) is 0 Å². The minimum Gasteiger partial charge on any atom is -0.377 e. The van der Waals surface area contributed by atoms with Crippen LogP contribution in [0.15, 0.2) is 18.2 Å². The van der Waals surface area contributed by atoms with E-state index in [1.165, 1.54) is 0 Å². The van der Waals surface area contributed by atoms with Crippen LogP contribution in [0.2, 0.25) is 0 Å².